The van der Waals surface area contributed by atoms with Crippen molar-refractivity contribution in [2.24, 2.45) is 5.84 Å². The summed E-state index contributed by atoms with van der Waals surface area (Å²) in [7, 11) is 2.02. The molecule has 0 radical (unpaired) electrons. The lowest BCUT2D eigenvalue weighted by Crippen LogP contribution is -2.30. The van der Waals surface area contributed by atoms with Crippen LogP contribution in [0.1, 0.15) is 21.6 Å². The van der Waals surface area contributed by atoms with Crippen LogP contribution in [-0.4, -0.2) is 22.8 Å². The van der Waals surface area contributed by atoms with E-state index in [0.29, 0.717) is 5.56 Å². The van der Waals surface area contributed by atoms with E-state index in [2.05, 4.69) is 15.3 Å². The Bertz CT molecular complexity index is 541. The highest BCUT2D eigenvalue weighted by Crippen LogP contribution is 2.10. The molecule has 3 N–H and O–H groups in total. The van der Waals surface area contributed by atoms with Crippen LogP contribution in [0.5, 0.6) is 0 Å². The van der Waals surface area contributed by atoms with Crippen LogP contribution in [0.3, 0.4) is 0 Å². The largest absolute Gasteiger partial charge is 0.296 e. The standard InChI is InChI=1S/C13H16N4OS/c1-17(7-12-8-19-9-15-12)6-10-3-2-4-11(5-10)13(18)16-14/h2-5,8-9H,6-7,14H2,1H3,(H,16,18). The van der Waals surface area contributed by atoms with E-state index in [0.717, 1.165) is 24.3 Å². The van der Waals surface area contributed by atoms with Gasteiger partial charge in [0.1, 0.15) is 0 Å². The average Bonchev–Trinajstić information content (AvgIpc) is 2.90. The van der Waals surface area contributed by atoms with Gasteiger partial charge in [0.25, 0.3) is 5.91 Å². The second kappa shape index (κ2) is 6.42. The Morgan fingerprint density at radius 1 is 1.47 bits per heavy atom. The molecule has 0 aliphatic heterocycles. The Kier molecular flexibility index (Phi) is 4.62. The fourth-order valence-electron chi connectivity index (χ4n) is 1.85. The molecule has 0 spiro atoms. The number of hydrogen-bond acceptors (Lipinski definition) is 5. The zero-order valence-corrected chi connectivity index (χ0v) is 11.5. The SMILES string of the molecule is CN(Cc1cccc(C(=O)NN)c1)Cc1cscn1. The van der Waals surface area contributed by atoms with E-state index in [1.54, 1.807) is 17.4 Å². The summed E-state index contributed by atoms with van der Waals surface area (Å²) in [5.74, 6) is 4.85. The lowest BCUT2D eigenvalue weighted by atomic mass is 10.1. The first-order valence-electron chi connectivity index (χ1n) is 5.84. The third-order valence-electron chi connectivity index (χ3n) is 2.69. The van der Waals surface area contributed by atoms with Gasteiger partial charge in [0.15, 0.2) is 0 Å². The number of thiazole rings is 1. The maximum Gasteiger partial charge on any atom is 0.265 e. The first-order chi connectivity index (χ1) is 9.19. The molecule has 2 rings (SSSR count). The number of carbonyl (C=O) groups excluding carboxylic acids is 1. The second-order valence-electron chi connectivity index (χ2n) is 4.33. The molecule has 6 heteroatoms. The molecule has 1 aromatic heterocycles. The Morgan fingerprint density at radius 2 is 2.32 bits per heavy atom. The Labute approximate surface area is 116 Å². The quantitative estimate of drug-likeness (QED) is 0.492. The average molecular weight is 276 g/mol. The van der Waals surface area contributed by atoms with E-state index in [-0.39, 0.29) is 5.91 Å². The lowest BCUT2D eigenvalue weighted by Gasteiger charge is -2.15. The number of aromatic nitrogens is 1. The highest BCUT2D eigenvalue weighted by Gasteiger charge is 2.07. The molecule has 0 fully saturated rings. The molecule has 0 atom stereocenters. The maximum absolute atomic E-state index is 11.4. The highest BCUT2D eigenvalue weighted by molar-refractivity contribution is 7.07. The van der Waals surface area contributed by atoms with Gasteiger partial charge < -0.3 is 0 Å². The second-order valence-corrected chi connectivity index (χ2v) is 5.04. The summed E-state index contributed by atoms with van der Waals surface area (Å²) in [6, 6.07) is 7.44. The summed E-state index contributed by atoms with van der Waals surface area (Å²) < 4.78 is 0. The van der Waals surface area contributed by atoms with E-state index >= 15 is 0 Å². The van der Waals surface area contributed by atoms with Crippen molar-refractivity contribution in [1.29, 1.82) is 0 Å². The first-order valence-corrected chi connectivity index (χ1v) is 6.79. The zero-order valence-electron chi connectivity index (χ0n) is 10.7. The third kappa shape index (κ3) is 3.85. The maximum atomic E-state index is 11.4. The molecular formula is C13H16N4OS. The van der Waals surface area contributed by atoms with Crippen LogP contribution in [-0.2, 0) is 13.1 Å². The molecule has 0 saturated carbocycles. The number of nitrogen functional groups attached to an aromatic ring is 1. The monoisotopic (exact) mass is 276 g/mol. The summed E-state index contributed by atoms with van der Waals surface area (Å²) in [6.45, 7) is 1.54. The van der Waals surface area contributed by atoms with Crippen molar-refractivity contribution in [3.05, 3.63) is 52.0 Å². The van der Waals surface area contributed by atoms with Crippen molar-refractivity contribution in [3.8, 4) is 0 Å². The van der Waals surface area contributed by atoms with Crippen molar-refractivity contribution in [2.45, 2.75) is 13.1 Å². The van der Waals surface area contributed by atoms with Gasteiger partial charge in [-0.15, -0.1) is 11.3 Å². The van der Waals surface area contributed by atoms with Crippen LogP contribution in [0.15, 0.2) is 35.2 Å². The Morgan fingerprint density at radius 3 is 3.00 bits per heavy atom. The number of nitrogens with zero attached hydrogens (tertiary/aromatic N) is 2. The van der Waals surface area contributed by atoms with Gasteiger partial charge in [-0.05, 0) is 24.7 Å². The molecular weight excluding hydrogens is 260 g/mol. The van der Waals surface area contributed by atoms with Crippen molar-refractivity contribution in [3.63, 3.8) is 0 Å². The van der Waals surface area contributed by atoms with Crippen LogP contribution < -0.4 is 11.3 Å². The molecule has 5 nitrogen and oxygen atoms in total. The Hall–Kier alpha value is -1.76. The van der Waals surface area contributed by atoms with Crippen LogP contribution in [0, 0.1) is 0 Å². The minimum Gasteiger partial charge on any atom is -0.296 e. The summed E-state index contributed by atoms with van der Waals surface area (Å²) in [5.41, 5.74) is 6.66. The van der Waals surface area contributed by atoms with Crippen molar-refractivity contribution in [1.82, 2.24) is 15.3 Å². The summed E-state index contributed by atoms with van der Waals surface area (Å²) in [6.07, 6.45) is 0. The predicted octanol–water partition coefficient (Wildman–Crippen LogP) is 1.38. The molecule has 0 unspecified atom stereocenters. The molecule has 2 aromatic rings. The van der Waals surface area contributed by atoms with Crippen LogP contribution in [0.4, 0.5) is 0 Å². The minimum absolute atomic E-state index is 0.274. The smallest absolute Gasteiger partial charge is 0.265 e. The van der Waals surface area contributed by atoms with Crippen LogP contribution in [0.25, 0.3) is 0 Å². The summed E-state index contributed by atoms with van der Waals surface area (Å²) in [4.78, 5) is 17.8. The van der Waals surface area contributed by atoms with Gasteiger partial charge in [-0.3, -0.25) is 15.1 Å². The number of rotatable bonds is 5. The van der Waals surface area contributed by atoms with Crippen LogP contribution in [0.2, 0.25) is 0 Å². The topological polar surface area (TPSA) is 71.2 Å². The molecule has 0 aliphatic rings. The van der Waals surface area contributed by atoms with Crippen molar-refractivity contribution < 1.29 is 4.79 Å². The molecule has 0 aliphatic carbocycles. The molecule has 1 aromatic carbocycles. The van der Waals surface area contributed by atoms with E-state index in [1.807, 2.05) is 36.1 Å². The van der Waals surface area contributed by atoms with Gasteiger partial charge in [0.05, 0.1) is 11.2 Å². The summed E-state index contributed by atoms with van der Waals surface area (Å²) >= 11 is 1.59. The molecule has 0 bridgehead atoms. The number of nitrogens with one attached hydrogen (secondary N) is 1. The predicted molar refractivity (Wildman–Crippen MR) is 75.4 cm³/mol. The van der Waals surface area contributed by atoms with E-state index in [1.165, 1.54) is 0 Å². The van der Waals surface area contributed by atoms with Gasteiger partial charge in [-0.25, -0.2) is 10.8 Å². The molecule has 1 heterocycles. The molecule has 100 valence electrons. The number of carbonyl (C=O) groups is 1. The van der Waals surface area contributed by atoms with Crippen LogP contribution >= 0.6 is 11.3 Å². The van der Waals surface area contributed by atoms with E-state index in [9.17, 15) is 4.79 Å². The third-order valence-corrected chi connectivity index (χ3v) is 3.32. The van der Waals surface area contributed by atoms with Crippen molar-refractivity contribution >= 4 is 17.2 Å². The van der Waals surface area contributed by atoms with Gasteiger partial charge in [-0.2, -0.15) is 0 Å². The van der Waals surface area contributed by atoms with E-state index in [4.69, 9.17) is 5.84 Å². The van der Waals surface area contributed by atoms with Gasteiger partial charge in [0.2, 0.25) is 0 Å². The molecule has 1 amide bonds. The van der Waals surface area contributed by atoms with Gasteiger partial charge in [0, 0.05) is 24.0 Å². The van der Waals surface area contributed by atoms with Gasteiger partial charge >= 0.3 is 0 Å². The number of amides is 1. The lowest BCUT2D eigenvalue weighted by molar-refractivity contribution is 0.0953. The zero-order chi connectivity index (χ0) is 13.7. The molecule has 19 heavy (non-hydrogen) atoms. The fraction of sp³-hybridized carbons (Fsp3) is 0.231. The minimum atomic E-state index is -0.274. The van der Waals surface area contributed by atoms with Crippen molar-refractivity contribution in [2.75, 3.05) is 7.05 Å². The number of nitrogens with two attached hydrogens (primary N) is 1. The van der Waals surface area contributed by atoms with Gasteiger partial charge in [-0.1, -0.05) is 12.1 Å². The summed E-state index contributed by atoms with van der Waals surface area (Å²) in [5, 5.41) is 2.04. The number of hydrazine groups is 1. The number of hydrogen-bond donors (Lipinski definition) is 2. The van der Waals surface area contributed by atoms with E-state index < -0.39 is 0 Å². The highest BCUT2D eigenvalue weighted by atomic mass is 32.1. The first kappa shape index (κ1) is 13.7. The Balaban J connectivity index is 2.00. The fourth-order valence-corrected chi connectivity index (χ4v) is 2.40. The number of benzene rings is 1. The molecule has 0 saturated heterocycles. The normalized spacial score (nSPS) is 10.7.